The van der Waals surface area contributed by atoms with Crippen molar-refractivity contribution in [2.75, 3.05) is 16.4 Å². The summed E-state index contributed by atoms with van der Waals surface area (Å²) in [7, 11) is 0. The van der Waals surface area contributed by atoms with Crippen molar-refractivity contribution in [1.82, 2.24) is 9.97 Å². The van der Waals surface area contributed by atoms with Gasteiger partial charge in [0.1, 0.15) is 30.3 Å². The molecule has 1 amide bonds. The van der Waals surface area contributed by atoms with Gasteiger partial charge in [-0.15, -0.1) is 0 Å². The van der Waals surface area contributed by atoms with Gasteiger partial charge in [-0.2, -0.15) is 0 Å². The molecule has 1 aromatic heterocycles. The first-order valence-corrected chi connectivity index (χ1v) is 14.4. The van der Waals surface area contributed by atoms with Crippen molar-refractivity contribution in [2.45, 2.75) is 6.61 Å². The maximum Gasteiger partial charge on any atom is 0.248 e. The number of carbonyl (C=O) groups is 1. The van der Waals surface area contributed by atoms with Crippen LogP contribution in [-0.2, 0) is 11.4 Å². The number of nitrogen functional groups attached to an aromatic ring is 1. The van der Waals surface area contributed by atoms with Gasteiger partial charge in [0, 0.05) is 17.1 Å². The molecule has 0 aliphatic heterocycles. The molecule has 0 aliphatic rings. The van der Waals surface area contributed by atoms with Crippen LogP contribution >= 0.6 is 11.6 Å². The quantitative estimate of drug-likeness (QED) is 0.111. The van der Waals surface area contributed by atoms with E-state index in [-0.39, 0.29) is 18.3 Å². The summed E-state index contributed by atoms with van der Waals surface area (Å²) in [5.41, 5.74) is 12.0. The first kappa shape index (κ1) is 29.3. The molecule has 0 unspecified atom stereocenters. The lowest BCUT2D eigenvalue weighted by molar-refractivity contribution is -0.111. The maximum atomic E-state index is 13.5. The second kappa shape index (κ2) is 13.3. The number of nitrogens with zero attached hydrogens (tertiary/aromatic N) is 2. The number of rotatable bonds is 9. The topological polar surface area (TPSA) is 102 Å². The highest BCUT2D eigenvalue weighted by Gasteiger charge is 2.10. The molecule has 0 bridgehead atoms. The molecule has 0 saturated heterocycles. The Kier molecular flexibility index (Phi) is 8.66. The van der Waals surface area contributed by atoms with Crippen LogP contribution in [0.15, 0.2) is 122 Å². The highest BCUT2D eigenvalue weighted by molar-refractivity contribution is 6.32. The van der Waals surface area contributed by atoms with Gasteiger partial charge in [0.25, 0.3) is 0 Å². The molecule has 0 atom stereocenters. The van der Waals surface area contributed by atoms with Crippen LogP contribution in [0.2, 0.25) is 5.02 Å². The molecule has 7 nitrogen and oxygen atoms in total. The van der Waals surface area contributed by atoms with Crippen molar-refractivity contribution in [3.63, 3.8) is 0 Å². The Morgan fingerprint density at radius 1 is 0.889 bits per heavy atom. The zero-order valence-corrected chi connectivity index (χ0v) is 24.6. The van der Waals surface area contributed by atoms with Crippen LogP contribution in [0.4, 0.5) is 27.3 Å². The fourth-order valence-electron chi connectivity index (χ4n) is 4.70. The summed E-state index contributed by atoms with van der Waals surface area (Å²) in [4.78, 5) is 21.2. The summed E-state index contributed by atoms with van der Waals surface area (Å²) in [6.07, 6.45) is 4.73. The van der Waals surface area contributed by atoms with Gasteiger partial charge in [0.05, 0.1) is 21.9 Å². The summed E-state index contributed by atoms with van der Waals surface area (Å²) in [5.74, 6) is 0.527. The maximum absolute atomic E-state index is 13.5. The van der Waals surface area contributed by atoms with E-state index in [0.717, 1.165) is 33.3 Å². The van der Waals surface area contributed by atoms with E-state index in [2.05, 4.69) is 20.6 Å². The molecule has 222 valence electrons. The predicted molar refractivity (Wildman–Crippen MR) is 179 cm³/mol. The molecule has 0 spiro atoms. The number of hydrogen-bond donors (Lipinski definition) is 3. The van der Waals surface area contributed by atoms with Gasteiger partial charge in [-0.3, -0.25) is 4.79 Å². The fourth-order valence-corrected chi connectivity index (χ4v) is 4.93. The molecule has 6 rings (SSSR count). The van der Waals surface area contributed by atoms with E-state index >= 15 is 0 Å². The van der Waals surface area contributed by atoms with Gasteiger partial charge >= 0.3 is 0 Å². The van der Waals surface area contributed by atoms with E-state index in [1.165, 1.54) is 24.5 Å². The van der Waals surface area contributed by atoms with Crippen LogP contribution < -0.4 is 21.1 Å². The van der Waals surface area contributed by atoms with Crippen LogP contribution in [-0.4, -0.2) is 15.9 Å². The molecule has 1 heterocycles. The van der Waals surface area contributed by atoms with Crippen LogP contribution in [0.1, 0.15) is 11.1 Å². The van der Waals surface area contributed by atoms with Crippen molar-refractivity contribution < 1.29 is 13.9 Å². The SMILES string of the molecule is Nc1ccccc1NC(=O)C=Cc1ccc(-c2ccc3ncnc(Nc4ccc(OCc5cccc(F)c5)c(Cl)c4)c3c2)cc1. The smallest absolute Gasteiger partial charge is 0.248 e. The highest BCUT2D eigenvalue weighted by atomic mass is 35.5. The molecular weight excluding hydrogens is 589 g/mol. The van der Waals surface area contributed by atoms with Crippen LogP contribution in [0.5, 0.6) is 5.75 Å². The number of aromatic nitrogens is 2. The second-order valence-electron chi connectivity index (χ2n) is 10.2. The standard InChI is InChI=1S/C36H27ClFN5O2/c37-30-20-28(14-16-34(30)45-21-24-4-3-5-27(38)18-24)42-36-29-19-26(13-15-32(29)40-22-41-36)25-11-8-23(9-12-25)10-17-35(44)43-33-7-2-1-6-31(33)39/h1-20,22H,21,39H2,(H,43,44)(H,40,41,42). The van der Waals surface area contributed by atoms with E-state index in [1.54, 1.807) is 42.5 Å². The molecule has 0 radical (unpaired) electrons. The van der Waals surface area contributed by atoms with E-state index < -0.39 is 0 Å². The fraction of sp³-hybridized carbons (Fsp3) is 0.0278. The number of benzene rings is 5. The van der Waals surface area contributed by atoms with Gasteiger partial charge in [-0.1, -0.05) is 66.2 Å². The van der Waals surface area contributed by atoms with Gasteiger partial charge < -0.3 is 21.1 Å². The largest absolute Gasteiger partial charge is 0.487 e. The number of halogens is 2. The van der Waals surface area contributed by atoms with E-state index in [4.69, 9.17) is 22.1 Å². The summed E-state index contributed by atoms with van der Waals surface area (Å²) in [6.45, 7) is 0.194. The molecule has 9 heteroatoms. The lowest BCUT2D eigenvalue weighted by Crippen LogP contribution is -2.09. The number of nitrogens with two attached hydrogens (primary N) is 1. The number of para-hydroxylation sites is 2. The average Bonchev–Trinajstić information content (AvgIpc) is 3.05. The van der Waals surface area contributed by atoms with Gasteiger partial charge in [-0.25, -0.2) is 14.4 Å². The summed E-state index contributed by atoms with van der Waals surface area (Å²) in [6, 6.07) is 32.6. The van der Waals surface area contributed by atoms with E-state index in [9.17, 15) is 9.18 Å². The Hall–Kier alpha value is -5.73. The lowest BCUT2D eigenvalue weighted by atomic mass is 10.0. The highest BCUT2D eigenvalue weighted by Crippen LogP contribution is 2.32. The van der Waals surface area contributed by atoms with Crippen LogP contribution in [0.25, 0.3) is 28.1 Å². The third kappa shape index (κ3) is 7.26. The van der Waals surface area contributed by atoms with Gasteiger partial charge in [0.15, 0.2) is 0 Å². The summed E-state index contributed by atoms with van der Waals surface area (Å²) >= 11 is 6.51. The number of hydrogen-bond acceptors (Lipinski definition) is 6. The number of fused-ring (bicyclic) bond motifs is 1. The molecule has 5 aromatic carbocycles. The zero-order valence-electron chi connectivity index (χ0n) is 23.9. The summed E-state index contributed by atoms with van der Waals surface area (Å²) < 4.78 is 19.3. The van der Waals surface area contributed by atoms with Gasteiger partial charge in [-0.05, 0) is 82.9 Å². The van der Waals surface area contributed by atoms with Crippen LogP contribution in [0.3, 0.4) is 0 Å². The third-order valence-corrected chi connectivity index (χ3v) is 7.30. The molecule has 6 aromatic rings. The average molecular weight is 616 g/mol. The second-order valence-corrected chi connectivity index (χ2v) is 10.6. The lowest BCUT2D eigenvalue weighted by Gasteiger charge is -2.12. The molecule has 45 heavy (non-hydrogen) atoms. The predicted octanol–water partition coefficient (Wildman–Crippen LogP) is 8.65. The number of amides is 1. The van der Waals surface area contributed by atoms with E-state index in [0.29, 0.717) is 33.5 Å². The van der Waals surface area contributed by atoms with Crippen molar-refractivity contribution in [2.24, 2.45) is 0 Å². The minimum atomic E-state index is -0.316. The monoisotopic (exact) mass is 615 g/mol. The minimum absolute atomic E-state index is 0.194. The molecule has 4 N–H and O–H groups in total. The normalized spacial score (nSPS) is 11.1. The zero-order chi connectivity index (χ0) is 31.2. The first-order chi connectivity index (χ1) is 21.9. The molecule has 0 saturated carbocycles. The molecule has 0 fully saturated rings. The first-order valence-electron chi connectivity index (χ1n) is 14.0. The Morgan fingerprint density at radius 3 is 2.51 bits per heavy atom. The van der Waals surface area contributed by atoms with Crippen molar-refractivity contribution >= 4 is 57.4 Å². The molecule has 0 aliphatic carbocycles. The summed E-state index contributed by atoms with van der Waals surface area (Å²) in [5, 5.41) is 7.36. The Bertz CT molecular complexity index is 2030. The Morgan fingerprint density at radius 2 is 1.71 bits per heavy atom. The third-order valence-electron chi connectivity index (χ3n) is 7.00. The van der Waals surface area contributed by atoms with Crippen molar-refractivity contribution in [3.8, 4) is 16.9 Å². The van der Waals surface area contributed by atoms with Crippen molar-refractivity contribution in [1.29, 1.82) is 0 Å². The number of ether oxygens (including phenoxy) is 1. The number of nitrogens with one attached hydrogen (secondary N) is 2. The number of carbonyl (C=O) groups excluding carboxylic acids is 1. The molecular formula is C36H27ClFN5O2. The van der Waals surface area contributed by atoms with Crippen LogP contribution in [0, 0.1) is 5.82 Å². The van der Waals surface area contributed by atoms with Crippen molar-refractivity contribution in [3.05, 3.63) is 144 Å². The minimum Gasteiger partial charge on any atom is -0.487 e. The van der Waals surface area contributed by atoms with Gasteiger partial charge in [0.2, 0.25) is 5.91 Å². The number of anilines is 4. The Labute approximate surface area is 264 Å². The Balaban J connectivity index is 1.15. The van der Waals surface area contributed by atoms with E-state index in [1.807, 2.05) is 60.7 Å².